The van der Waals surface area contributed by atoms with Crippen LogP contribution in [0.25, 0.3) is 0 Å². The topological polar surface area (TPSA) is 18.5 Å². The minimum atomic E-state index is 0.807. The predicted molar refractivity (Wildman–Crippen MR) is 115 cm³/mol. The summed E-state index contributed by atoms with van der Waals surface area (Å²) < 4.78 is 0. The van der Waals surface area contributed by atoms with Crippen LogP contribution in [0.4, 0.5) is 5.69 Å². The SMILES string of the molecule is CN(Cc1ccc(N2CCCCC2)cc1)C(=S)NCCc1ccccc1. The molecule has 0 amide bonds. The third-order valence-electron chi connectivity index (χ3n) is 4.96. The van der Waals surface area contributed by atoms with E-state index in [9.17, 15) is 0 Å². The van der Waals surface area contributed by atoms with Gasteiger partial charge >= 0.3 is 0 Å². The molecular formula is C22H29N3S. The summed E-state index contributed by atoms with van der Waals surface area (Å²) in [5, 5.41) is 4.17. The monoisotopic (exact) mass is 367 g/mol. The Labute approximate surface area is 163 Å². The van der Waals surface area contributed by atoms with Crippen molar-refractivity contribution >= 4 is 23.0 Å². The first-order chi connectivity index (χ1) is 12.7. The van der Waals surface area contributed by atoms with Crippen LogP contribution in [0.1, 0.15) is 30.4 Å². The van der Waals surface area contributed by atoms with Gasteiger partial charge in [0.2, 0.25) is 0 Å². The molecule has 4 heteroatoms. The molecule has 1 aliphatic heterocycles. The van der Waals surface area contributed by atoms with Crippen molar-refractivity contribution in [2.45, 2.75) is 32.2 Å². The van der Waals surface area contributed by atoms with Gasteiger partial charge in [0.25, 0.3) is 0 Å². The molecule has 0 spiro atoms. The highest BCUT2D eigenvalue weighted by molar-refractivity contribution is 7.80. The summed E-state index contributed by atoms with van der Waals surface area (Å²) in [6.45, 7) is 4.07. The fourth-order valence-corrected chi connectivity index (χ4v) is 3.57. The molecule has 0 atom stereocenters. The molecule has 1 N–H and O–H groups in total. The van der Waals surface area contributed by atoms with E-state index < -0.39 is 0 Å². The lowest BCUT2D eigenvalue weighted by Crippen LogP contribution is -2.37. The van der Waals surface area contributed by atoms with E-state index in [1.54, 1.807) is 0 Å². The van der Waals surface area contributed by atoms with Gasteiger partial charge in [-0.05, 0) is 61.2 Å². The van der Waals surface area contributed by atoms with Crippen LogP contribution in [-0.4, -0.2) is 36.7 Å². The number of benzene rings is 2. The molecule has 1 aliphatic rings. The van der Waals surface area contributed by atoms with Crippen LogP contribution < -0.4 is 10.2 Å². The number of hydrogen-bond acceptors (Lipinski definition) is 2. The standard InChI is InChI=1S/C22H29N3S/c1-24(22(26)23-15-14-19-8-4-2-5-9-19)18-20-10-12-21(13-11-20)25-16-6-3-7-17-25/h2,4-5,8-13H,3,6-7,14-18H2,1H3,(H,23,26). The Balaban J connectivity index is 1.44. The second kappa shape index (κ2) is 9.58. The molecular weight excluding hydrogens is 338 g/mol. The average Bonchev–Trinajstić information content (AvgIpc) is 2.70. The quantitative estimate of drug-likeness (QED) is 0.770. The van der Waals surface area contributed by atoms with Crippen molar-refractivity contribution in [3.63, 3.8) is 0 Å². The van der Waals surface area contributed by atoms with E-state index in [1.165, 1.54) is 49.2 Å². The number of nitrogens with zero attached hydrogens (tertiary/aromatic N) is 2. The van der Waals surface area contributed by atoms with Gasteiger partial charge in [-0.2, -0.15) is 0 Å². The molecule has 0 unspecified atom stereocenters. The van der Waals surface area contributed by atoms with E-state index in [-0.39, 0.29) is 0 Å². The molecule has 0 bridgehead atoms. The predicted octanol–water partition coefficient (Wildman–Crippen LogP) is 4.23. The van der Waals surface area contributed by atoms with E-state index >= 15 is 0 Å². The van der Waals surface area contributed by atoms with Crippen LogP contribution in [0.5, 0.6) is 0 Å². The smallest absolute Gasteiger partial charge is 0.168 e. The Morgan fingerprint density at radius 3 is 2.35 bits per heavy atom. The van der Waals surface area contributed by atoms with Crippen LogP contribution in [0.2, 0.25) is 0 Å². The summed E-state index contributed by atoms with van der Waals surface area (Å²) in [7, 11) is 2.05. The molecule has 138 valence electrons. The third kappa shape index (κ3) is 5.46. The van der Waals surface area contributed by atoms with E-state index in [2.05, 4.69) is 70.7 Å². The van der Waals surface area contributed by atoms with Gasteiger partial charge in [-0.25, -0.2) is 0 Å². The van der Waals surface area contributed by atoms with Crippen LogP contribution >= 0.6 is 12.2 Å². The first kappa shape index (κ1) is 18.7. The molecule has 26 heavy (non-hydrogen) atoms. The largest absolute Gasteiger partial charge is 0.372 e. The number of rotatable bonds is 6. The van der Waals surface area contributed by atoms with E-state index in [1.807, 2.05) is 6.07 Å². The average molecular weight is 368 g/mol. The minimum absolute atomic E-state index is 0.807. The lowest BCUT2D eigenvalue weighted by molar-refractivity contribution is 0.489. The number of nitrogens with one attached hydrogen (secondary N) is 1. The zero-order valence-electron chi connectivity index (χ0n) is 15.7. The summed E-state index contributed by atoms with van der Waals surface area (Å²) in [5.74, 6) is 0. The molecule has 2 aromatic carbocycles. The summed E-state index contributed by atoms with van der Waals surface area (Å²) in [4.78, 5) is 4.60. The van der Waals surface area contributed by atoms with E-state index in [0.29, 0.717) is 0 Å². The van der Waals surface area contributed by atoms with E-state index in [4.69, 9.17) is 12.2 Å². The Hall–Kier alpha value is -2.07. The normalized spacial score (nSPS) is 14.1. The zero-order chi connectivity index (χ0) is 18.2. The van der Waals surface area contributed by atoms with Gasteiger partial charge in [0.15, 0.2) is 5.11 Å². The zero-order valence-corrected chi connectivity index (χ0v) is 16.5. The van der Waals surface area contributed by atoms with Gasteiger partial charge in [0.05, 0.1) is 0 Å². The third-order valence-corrected chi connectivity index (χ3v) is 5.41. The highest BCUT2D eigenvalue weighted by Crippen LogP contribution is 2.20. The van der Waals surface area contributed by atoms with Crippen molar-refractivity contribution in [2.75, 3.05) is 31.6 Å². The van der Waals surface area contributed by atoms with Gasteiger partial charge < -0.3 is 15.1 Å². The number of piperidine rings is 1. The summed E-state index contributed by atoms with van der Waals surface area (Å²) >= 11 is 5.53. The molecule has 0 aliphatic carbocycles. The van der Waals surface area contributed by atoms with Crippen molar-refractivity contribution < 1.29 is 0 Å². The molecule has 2 aromatic rings. The van der Waals surface area contributed by atoms with Crippen molar-refractivity contribution in [2.24, 2.45) is 0 Å². The summed E-state index contributed by atoms with van der Waals surface area (Å²) in [5.41, 5.74) is 3.97. The molecule has 0 aromatic heterocycles. The maximum absolute atomic E-state index is 5.53. The van der Waals surface area contributed by atoms with Gasteiger partial charge in [-0.15, -0.1) is 0 Å². The van der Waals surface area contributed by atoms with Gasteiger partial charge in [0.1, 0.15) is 0 Å². The number of anilines is 1. The molecule has 0 saturated carbocycles. The molecule has 0 radical (unpaired) electrons. The summed E-state index contributed by atoms with van der Waals surface area (Å²) in [6, 6.07) is 19.5. The maximum atomic E-state index is 5.53. The number of hydrogen-bond donors (Lipinski definition) is 1. The second-order valence-corrected chi connectivity index (χ2v) is 7.42. The van der Waals surface area contributed by atoms with Crippen molar-refractivity contribution in [1.82, 2.24) is 10.2 Å². The van der Waals surface area contributed by atoms with Crippen LogP contribution in [-0.2, 0) is 13.0 Å². The van der Waals surface area contributed by atoms with Crippen LogP contribution in [0, 0.1) is 0 Å². The van der Waals surface area contributed by atoms with E-state index in [0.717, 1.165) is 24.6 Å². The van der Waals surface area contributed by atoms with Crippen LogP contribution in [0.3, 0.4) is 0 Å². The summed E-state index contributed by atoms with van der Waals surface area (Å²) in [6.07, 6.45) is 4.98. The fraction of sp³-hybridized carbons (Fsp3) is 0.409. The first-order valence-corrected chi connectivity index (χ1v) is 10.00. The molecule has 1 fully saturated rings. The Bertz CT molecular complexity index is 678. The minimum Gasteiger partial charge on any atom is -0.372 e. The van der Waals surface area contributed by atoms with Crippen molar-refractivity contribution in [3.8, 4) is 0 Å². The van der Waals surface area contributed by atoms with Crippen LogP contribution in [0.15, 0.2) is 54.6 Å². The highest BCUT2D eigenvalue weighted by Gasteiger charge is 2.11. The van der Waals surface area contributed by atoms with Gasteiger partial charge in [-0.3, -0.25) is 0 Å². The first-order valence-electron chi connectivity index (χ1n) is 9.59. The Kier molecular flexibility index (Phi) is 6.89. The fourth-order valence-electron chi connectivity index (χ4n) is 3.40. The maximum Gasteiger partial charge on any atom is 0.168 e. The van der Waals surface area contributed by atoms with Gasteiger partial charge in [0, 0.05) is 38.9 Å². The highest BCUT2D eigenvalue weighted by atomic mass is 32.1. The second-order valence-electron chi connectivity index (χ2n) is 7.04. The lowest BCUT2D eigenvalue weighted by atomic mass is 10.1. The van der Waals surface area contributed by atoms with Gasteiger partial charge in [-0.1, -0.05) is 42.5 Å². The van der Waals surface area contributed by atoms with Crippen molar-refractivity contribution in [3.05, 3.63) is 65.7 Å². The molecule has 1 heterocycles. The molecule has 3 rings (SSSR count). The number of thiocarbonyl (C=S) groups is 1. The lowest BCUT2D eigenvalue weighted by Gasteiger charge is -2.29. The Morgan fingerprint density at radius 1 is 0.962 bits per heavy atom. The Morgan fingerprint density at radius 2 is 1.65 bits per heavy atom. The molecule has 3 nitrogen and oxygen atoms in total. The molecule has 1 saturated heterocycles. The van der Waals surface area contributed by atoms with Crippen molar-refractivity contribution in [1.29, 1.82) is 0 Å².